The monoisotopic (exact) mass is 183 g/mol. The lowest BCUT2D eigenvalue weighted by atomic mass is 9.86. The van der Waals surface area contributed by atoms with Crippen LogP contribution in [0.1, 0.15) is 32.1 Å². The molecule has 1 saturated carbocycles. The molecule has 1 atom stereocenters. The van der Waals surface area contributed by atoms with Crippen molar-refractivity contribution in [1.29, 1.82) is 0 Å². The molecule has 3 heteroatoms. The summed E-state index contributed by atoms with van der Waals surface area (Å²) in [6.07, 6.45) is 8.39. The summed E-state index contributed by atoms with van der Waals surface area (Å²) in [5.41, 5.74) is 1.08. The fourth-order valence-electron chi connectivity index (χ4n) is 1.90. The molecular weight excluding hydrogens is 170 g/mol. The predicted molar refractivity (Wildman–Crippen MR) is 51.3 cm³/mol. The molecule has 0 bridgehead atoms. The second-order valence-corrected chi connectivity index (χ2v) is 4.44. The van der Waals surface area contributed by atoms with E-state index in [1.54, 1.807) is 5.41 Å². The molecule has 0 aromatic heterocycles. The lowest BCUT2D eigenvalue weighted by molar-refractivity contribution is 0.441. The topological polar surface area (TPSA) is 29.4 Å². The Morgan fingerprint density at radius 1 is 1.33 bits per heavy atom. The molecule has 0 saturated heterocycles. The van der Waals surface area contributed by atoms with Crippen LogP contribution >= 0.6 is 0 Å². The van der Waals surface area contributed by atoms with Crippen LogP contribution in [-0.4, -0.2) is 9.92 Å². The van der Waals surface area contributed by atoms with Crippen LogP contribution in [-0.2, 0) is 11.0 Å². The Labute approximate surface area is 75.4 Å². The van der Waals surface area contributed by atoms with Crippen molar-refractivity contribution in [3.05, 3.63) is 11.5 Å². The smallest absolute Gasteiger partial charge is 0.165 e. The van der Waals surface area contributed by atoms with E-state index in [9.17, 15) is 4.21 Å². The third kappa shape index (κ3) is 1.66. The van der Waals surface area contributed by atoms with E-state index >= 15 is 0 Å². The first kappa shape index (κ1) is 8.17. The van der Waals surface area contributed by atoms with Crippen molar-refractivity contribution in [2.24, 2.45) is 10.3 Å². The molecule has 12 heavy (non-hydrogen) atoms. The largest absolute Gasteiger partial charge is 0.230 e. The van der Waals surface area contributed by atoms with E-state index in [1.165, 1.54) is 32.1 Å². The zero-order valence-corrected chi connectivity index (χ0v) is 7.85. The molecule has 0 aromatic rings. The molecule has 1 aliphatic heterocycles. The average Bonchev–Trinajstić information content (AvgIpc) is 2.54. The van der Waals surface area contributed by atoms with Gasteiger partial charge in [-0.25, -0.2) is 4.21 Å². The van der Waals surface area contributed by atoms with Gasteiger partial charge >= 0.3 is 0 Å². The summed E-state index contributed by atoms with van der Waals surface area (Å²) in [6, 6.07) is 0. The maximum absolute atomic E-state index is 10.9. The zero-order chi connectivity index (χ0) is 8.39. The van der Waals surface area contributed by atoms with Gasteiger partial charge in [0.15, 0.2) is 11.0 Å². The highest BCUT2D eigenvalue weighted by Crippen LogP contribution is 2.26. The van der Waals surface area contributed by atoms with Crippen molar-refractivity contribution in [1.82, 2.24) is 0 Å². The molecular formula is C9H13NOS. The second kappa shape index (κ2) is 3.52. The molecule has 0 radical (unpaired) electrons. The van der Waals surface area contributed by atoms with Crippen LogP contribution in [0.3, 0.4) is 0 Å². The maximum Gasteiger partial charge on any atom is 0.165 e. The van der Waals surface area contributed by atoms with Gasteiger partial charge in [0, 0.05) is 11.3 Å². The first-order valence-corrected chi connectivity index (χ1v) is 5.71. The fraction of sp³-hybridized carbons (Fsp3) is 0.667. The molecule has 0 N–H and O–H groups in total. The minimum absolute atomic E-state index is 0.599. The van der Waals surface area contributed by atoms with E-state index in [-0.39, 0.29) is 0 Å². The van der Waals surface area contributed by atoms with E-state index in [1.807, 2.05) is 6.08 Å². The van der Waals surface area contributed by atoms with Gasteiger partial charge in [0.05, 0.1) is 5.71 Å². The average molecular weight is 183 g/mol. The molecule has 2 nitrogen and oxygen atoms in total. The minimum Gasteiger partial charge on any atom is -0.230 e. The van der Waals surface area contributed by atoms with E-state index in [2.05, 4.69) is 4.40 Å². The number of hydrogen-bond acceptors (Lipinski definition) is 1. The van der Waals surface area contributed by atoms with E-state index in [4.69, 9.17) is 0 Å². The van der Waals surface area contributed by atoms with Crippen LogP contribution < -0.4 is 0 Å². The molecule has 0 spiro atoms. The zero-order valence-electron chi connectivity index (χ0n) is 7.03. The molecule has 0 amide bonds. The van der Waals surface area contributed by atoms with E-state index < -0.39 is 11.0 Å². The number of hydrogen-bond donors (Lipinski definition) is 0. The van der Waals surface area contributed by atoms with Crippen molar-refractivity contribution in [3.63, 3.8) is 0 Å². The first-order valence-electron chi connectivity index (χ1n) is 4.54. The maximum atomic E-state index is 10.9. The Morgan fingerprint density at radius 2 is 2.08 bits per heavy atom. The number of allylic oxidation sites excluding steroid dienone is 1. The quantitative estimate of drug-likeness (QED) is 0.612. The third-order valence-corrected chi connectivity index (χ3v) is 3.33. The molecule has 2 aliphatic rings. The van der Waals surface area contributed by atoms with Gasteiger partial charge in [0.25, 0.3) is 0 Å². The SMILES string of the molecule is O=S1C=CC(C2CCCCC2)=N1. The second-order valence-electron chi connectivity index (χ2n) is 3.43. The summed E-state index contributed by atoms with van der Waals surface area (Å²) < 4.78 is 15.0. The Morgan fingerprint density at radius 3 is 2.67 bits per heavy atom. The summed E-state index contributed by atoms with van der Waals surface area (Å²) in [4.78, 5) is 0. The molecule has 0 aromatic carbocycles. The highest BCUT2D eigenvalue weighted by molar-refractivity contribution is 7.87. The van der Waals surface area contributed by atoms with Gasteiger partial charge in [-0.15, -0.1) is 0 Å². The number of nitrogens with zero attached hydrogens (tertiary/aromatic N) is 1. The molecule has 66 valence electrons. The van der Waals surface area contributed by atoms with Gasteiger partial charge < -0.3 is 0 Å². The van der Waals surface area contributed by atoms with Crippen LogP contribution in [0.15, 0.2) is 15.9 Å². The van der Waals surface area contributed by atoms with Crippen LogP contribution in [0.25, 0.3) is 0 Å². The molecule has 2 rings (SSSR count). The van der Waals surface area contributed by atoms with Crippen LogP contribution in [0, 0.1) is 5.92 Å². The highest BCUT2D eigenvalue weighted by Gasteiger charge is 2.20. The van der Waals surface area contributed by atoms with Gasteiger partial charge in [0.1, 0.15) is 0 Å². The summed E-state index contributed by atoms with van der Waals surface area (Å²) in [5.74, 6) is 0.599. The molecule has 1 aliphatic carbocycles. The van der Waals surface area contributed by atoms with Gasteiger partial charge in [-0.05, 0) is 18.9 Å². The lowest BCUT2D eigenvalue weighted by Gasteiger charge is -2.19. The van der Waals surface area contributed by atoms with E-state index in [0.29, 0.717) is 5.92 Å². The van der Waals surface area contributed by atoms with Crippen LogP contribution in [0.2, 0.25) is 0 Å². The first-order chi connectivity index (χ1) is 5.86. The van der Waals surface area contributed by atoms with Crippen LogP contribution in [0.5, 0.6) is 0 Å². The number of rotatable bonds is 1. The van der Waals surface area contributed by atoms with Gasteiger partial charge in [-0.2, -0.15) is 4.40 Å². The predicted octanol–water partition coefficient (Wildman–Crippen LogP) is 2.20. The van der Waals surface area contributed by atoms with Gasteiger partial charge in [-0.3, -0.25) is 0 Å². The van der Waals surface area contributed by atoms with Crippen molar-refractivity contribution in [3.8, 4) is 0 Å². The van der Waals surface area contributed by atoms with Gasteiger partial charge in [0.2, 0.25) is 0 Å². The Hall–Kier alpha value is -0.440. The molecule has 1 heterocycles. The van der Waals surface area contributed by atoms with Gasteiger partial charge in [-0.1, -0.05) is 19.3 Å². The fourth-order valence-corrected chi connectivity index (χ4v) is 2.64. The third-order valence-electron chi connectivity index (χ3n) is 2.57. The molecule has 1 fully saturated rings. The lowest BCUT2D eigenvalue weighted by Crippen LogP contribution is -2.14. The van der Waals surface area contributed by atoms with Crippen molar-refractivity contribution < 1.29 is 4.21 Å². The molecule has 1 unspecified atom stereocenters. The van der Waals surface area contributed by atoms with Crippen molar-refractivity contribution >= 4 is 16.7 Å². The highest BCUT2D eigenvalue weighted by atomic mass is 32.2. The summed E-state index contributed by atoms with van der Waals surface area (Å²) in [7, 11) is -1.05. The minimum atomic E-state index is -1.05. The normalized spacial score (nSPS) is 30.7. The van der Waals surface area contributed by atoms with E-state index in [0.717, 1.165) is 5.71 Å². The Bertz CT molecular complexity index is 251. The van der Waals surface area contributed by atoms with Crippen molar-refractivity contribution in [2.75, 3.05) is 0 Å². The summed E-state index contributed by atoms with van der Waals surface area (Å²) in [5, 5.41) is 1.68. The Kier molecular flexibility index (Phi) is 2.40. The summed E-state index contributed by atoms with van der Waals surface area (Å²) in [6.45, 7) is 0. The standard InChI is InChI=1S/C9H13NOS/c11-12-7-6-9(10-12)8-4-2-1-3-5-8/h6-8H,1-5H2. The summed E-state index contributed by atoms with van der Waals surface area (Å²) >= 11 is 0. The van der Waals surface area contributed by atoms with Crippen LogP contribution in [0.4, 0.5) is 0 Å². The van der Waals surface area contributed by atoms with Crippen molar-refractivity contribution in [2.45, 2.75) is 32.1 Å². The Balaban J connectivity index is 2.04.